The van der Waals surface area contributed by atoms with E-state index in [1.807, 2.05) is 56.3 Å². The quantitative estimate of drug-likeness (QED) is 0.174. The van der Waals surface area contributed by atoms with Gasteiger partial charge < -0.3 is 34.0 Å². The second kappa shape index (κ2) is 11.7. The van der Waals surface area contributed by atoms with Gasteiger partial charge in [0.2, 0.25) is 29.8 Å². The summed E-state index contributed by atoms with van der Waals surface area (Å²) >= 11 is 4.90. The van der Waals surface area contributed by atoms with Crippen molar-refractivity contribution in [1.29, 1.82) is 0 Å². The fourth-order valence-electron chi connectivity index (χ4n) is 6.69. The molecule has 0 saturated carbocycles. The van der Waals surface area contributed by atoms with Gasteiger partial charge in [0.15, 0.2) is 17.1 Å². The van der Waals surface area contributed by atoms with Crippen molar-refractivity contribution in [2.24, 2.45) is 11.8 Å². The molecular formula is C34H35N5O8S. The minimum atomic E-state index is -1.30. The molecule has 0 fully saturated rings. The molecule has 3 aliphatic rings. The fourth-order valence-corrected chi connectivity index (χ4v) is 7.09. The minimum Gasteiger partial charge on any atom is -0.467 e. The van der Waals surface area contributed by atoms with Crippen molar-refractivity contribution in [3.8, 4) is 17.3 Å². The third kappa shape index (κ3) is 4.76. The number of esters is 1. The summed E-state index contributed by atoms with van der Waals surface area (Å²) in [5, 5.41) is 16.3. The Morgan fingerprint density at radius 1 is 1.15 bits per heavy atom. The van der Waals surface area contributed by atoms with E-state index in [0.29, 0.717) is 17.1 Å². The van der Waals surface area contributed by atoms with Gasteiger partial charge in [-0.1, -0.05) is 70.8 Å². The van der Waals surface area contributed by atoms with E-state index in [9.17, 15) is 19.5 Å². The highest BCUT2D eigenvalue weighted by atomic mass is 32.1. The molecule has 13 nitrogen and oxygen atoms in total. The van der Waals surface area contributed by atoms with Gasteiger partial charge in [0.1, 0.15) is 35.6 Å². The summed E-state index contributed by atoms with van der Waals surface area (Å²) in [7, 11) is 1.25. The van der Waals surface area contributed by atoms with Crippen LogP contribution in [0.25, 0.3) is 11.6 Å². The summed E-state index contributed by atoms with van der Waals surface area (Å²) in [5.74, 6) is -1.38. The number of nitrogens with one attached hydrogen (secondary N) is 2. The standard InChI is InChI=1S/C34H35N5O8S/c1-15(2)24-31-38-25(30-36-21(14-45-30)32(43)44-5)27(47-31)34-18-8-6-7-9-22(18)39(48)33(34)46-23-11-10-17(12-19(23)34)13-20(28(41)37-24)35-29(42)26(40)16(3)4/h6-12,14-16,20,24,26,33,40,48H,13H2,1-5H3,(H,35,42)(H,37,41)/t20-,24?,26-,33?,34?/m0/s1. The Labute approximate surface area is 281 Å². The number of oxazole rings is 2. The molecule has 3 N–H and O–H groups in total. The molecule has 4 aromatic rings. The highest BCUT2D eigenvalue weighted by Crippen LogP contribution is 2.61. The van der Waals surface area contributed by atoms with Crippen molar-refractivity contribution in [2.45, 2.75) is 63.9 Å². The van der Waals surface area contributed by atoms with Gasteiger partial charge in [-0.2, -0.15) is 0 Å². The largest absolute Gasteiger partial charge is 0.467 e. The number of aliphatic hydroxyl groups is 1. The second-order valence-electron chi connectivity index (χ2n) is 12.9. The van der Waals surface area contributed by atoms with Gasteiger partial charge in [-0.25, -0.2) is 14.8 Å². The third-order valence-electron chi connectivity index (χ3n) is 9.18. The summed E-state index contributed by atoms with van der Waals surface area (Å²) in [4.78, 5) is 48.7. The molecule has 5 atom stereocenters. The monoisotopic (exact) mass is 673 g/mol. The number of rotatable bonds is 6. The van der Waals surface area contributed by atoms with E-state index in [1.54, 1.807) is 18.2 Å². The van der Waals surface area contributed by atoms with Gasteiger partial charge in [-0.3, -0.25) is 13.9 Å². The number of benzene rings is 2. The van der Waals surface area contributed by atoms with E-state index in [-0.39, 0.29) is 41.4 Å². The molecule has 0 radical (unpaired) electrons. The molecule has 5 heterocycles. The maximum atomic E-state index is 14.0. The lowest BCUT2D eigenvalue weighted by Crippen LogP contribution is -2.52. The molecule has 3 aliphatic heterocycles. The van der Waals surface area contributed by atoms with Crippen LogP contribution in [0.2, 0.25) is 0 Å². The first-order valence-corrected chi connectivity index (χ1v) is 16.1. The van der Waals surface area contributed by atoms with Crippen molar-refractivity contribution < 1.29 is 37.8 Å². The molecule has 4 bridgehead atoms. The molecule has 0 aliphatic carbocycles. The zero-order chi connectivity index (χ0) is 34.1. The molecule has 1 spiro atoms. The molecule has 3 unspecified atom stereocenters. The predicted molar refractivity (Wildman–Crippen MR) is 174 cm³/mol. The molecule has 7 rings (SSSR count). The number of hydrogen-bond acceptors (Lipinski definition) is 12. The number of methoxy groups -OCH3 is 1. The Kier molecular flexibility index (Phi) is 7.74. The van der Waals surface area contributed by atoms with Gasteiger partial charge in [-0.05, 0) is 29.5 Å². The highest BCUT2D eigenvalue weighted by Gasteiger charge is 2.63. The summed E-state index contributed by atoms with van der Waals surface area (Å²) in [6, 6.07) is 11.5. The maximum absolute atomic E-state index is 14.0. The van der Waals surface area contributed by atoms with E-state index in [1.165, 1.54) is 13.4 Å². The Morgan fingerprint density at radius 3 is 2.65 bits per heavy atom. The number of anilines is 1. The van der Waals surface area contributed by atoms with Gasteiger partial charge in [0.05, 0.1) is 12.8 Å². The number of thiol groups is 1. The fraction of sp³-hybridized carbons (Fsp3) is 0.382. The number of amides is 2. The summed E-state index contributed by atoms with van der Waals surface area (Å²) < 4.78 is 25.8. The number of carbonyl (C=O) groups excluding carboxylic acids is 3. The SMILES string of the molecule is COC(=O)c1coc(-c2nc3oc2C24c5cc(ccc5OC2N(S)c2ccccc24)C[C@H](NC(=O)[C@@H](O)C(C)C)C(=O)NC3C(C)C)n1. The number of hydrogen-bond donors (Lipinski definition) is 4. The molecular weight excluding hydrogens is 638 g/mol. The number of ether oxygens (including phenoxy) is 2. The Morgan fingerprint density at radius 2 is 1.92 bits per heavy atom. The van der Waals surface area contributed by atoms with E-state index in [4.69, 9.17) is 36.1 Å². The van der Waals surface area contributed by atoms with Crippen molar-refractivity contribution in [1.82, 2.24) is 20.6 Å². The zero-order valence-electron chi connectivity index (χ0n) is 26.9. The second-order valence-corrected chi connectivity index (χ2v) is 13.3. The lowest BCUT2D eigenvalue weighted by Gasteiger charge is -2.30. The van der Waals surface area contributed by atoms with E-state index in [2.05, 4.69) is 15.6 Å². The van der Waals surface area contributed by atoms with Gasteiger partial charge in [0, 0.05) is 17.5 Å². The van der Waals surface area contributed by atoms with Crippen molar-refractivity contribution in [2.75, 3.05) is 11.4 Å². The number of para-hydroxylation sites is 1. The summed E-state index contributed by atoms with van der Waals surface area (Å²) in [6.07, 6.45) is -0.741. The number of aliphatic hydroxyl groups excluding tert-OH is 1. The summed E-state index contributed by atoms with van der Waals surface area (Å²) in [5.41, 5.74) is 2.01. The topological polar surface area (TPSA) is 169 Å². The lowest BCUT2D eigenvalue weighted by molar-refractivity contribution is -0.135. The predicted octanol–water partition coefficient (Wildman–Crippen LogP) is 3.71. The van der Waals surface area contributed by atoms with E-state index >= 15 is 0 Å². The van der Waals surface area contributed by atoms with Gasteiger partial charge >= 0.3 is 5.97 Å². The molecule has 2 amide bonds. The molecule has 14 heteroatoms. The van der Waals surface area contributed by atoms with E-state index in [0.717, 1.165) is 16.8 Å². The first-order valence-electron chi connectivity index (χ1n) is 15.7. The van der Waals surface area contributed by atoms with Crippen LogP contribution in [0.3, 0.4) is 0 Å². The molecule has 2 aromatic heterocycles. The van der Waals surface area contributed by atoms with Crippen molar-refractivity contribution >= 4 is 36.3 Å². The first-order chi connectivity index (χ1) is 22.9. The molecule has 48 heavy (non-hydrogen) atoms. The van der Waals surface area contributed by atoms with Crippen molar-refractivity contribution in [3.63, 3.8) is 0 Å². The van der Waals surface area contributed by atoms with Crippen molar-refractivity contribution in [3.05, 3.63) is 82.8 Å². The molecule has 2 aromatic carbocycles. The van der Waals surface area contributed by atoms with E-state index < -0.39 is 47.6 Å². The first kappa shape index (κ1) is 31.8. The Hall–Kier alpha value is -4.82. The normalized spacial score (nSPS) is 23.1. The number of nitrogens with zero attached hydrogens (tertiary/aromatic N) is 3. The molecule has 0 saturated heterocycles. The van der Waals surface area contributed by atoms with Crippen LogP contribution in [-0.4, -0.2) is 58.3 Å². The third-order valence-corrected chi connectivity index (χ3v) is 9.61. The number of carbonyl (C=O) groups is 3. The minimum absolute atomic E-state index is 0.00439. The lowest BCUT2D eigenvalue weighted by atomic mass is 9.72. The van der Waals surface area contributed by atoms with Gasteiger partial charge in [0.25, 0.3) is 0 Å². The average molecular weight is 674 g/mol. The molecule has 250 valence electrons. The zero-order valence-corrected chi connectivity index (χ0v) is 27.8. The Bertz CT molecular complexity index is 1940. The van der Waals surface area contributed by atoms with Crippen LogP contribution in [-0.2, 0) is 26.2 Å². The van der Waals surface area contributed by atoms with Crippen LogP contribution in [0.5, 0.6) is 5.75 Å². The van der Waals surface area contributed by atoms with Crippen LogP contribution in [0.1, 0.15) is 72.6 Å². The van der Waals surface area contributed by atoms with Gasteiger partial charge in [-0.15, -0.1) is 0 Å². The highest BCUT2D eigenvalue weighted by molar-refractivity contribution is 7.81. The summed E-state index contributed by atoms with van der Waals surface area (Å²) in [6.45, 7) is 7.25. The van der Waals surface area contributed by atoms with Crippen LogP contribution in [0, 0.1) is 11.8 Å². The maximum Gasteiger partial charge on any atom is 0.360 e. The smallest absolute Gasteiger partial charge is 0.360 e. The van der Waals surface area contributed by atoms with Crippen LogP contribution >= 0.6 is 12.8 Å². The number of aromatic nitrogens is 2. The van der Waals surface area contributed by atoms with Crippen LogP contribution < -0.4 is 19.7 Å². The number of fused-ring (bicyclic) bond motifs is 4. The van der Waals surface area contributed by atoms with Crippen LogP contribution in [0.15, 0.2) is 57.6 Å². The average Bonchev–Trinajstić information content (AvgIpc) is 3.84. The van der Waals surface area contributed by atoms with Crippen LogP contribution in [0.4, 0.5) is 5.69 Å². The Balaban J connectivity index is 1.49.